The maximum atomic E-state index is 6.12. The van der Waals surface area contributed by atoms with Crippen LogP contribution < -0.4 is 0 Å². The van der Waals surface area contributed by atoms with Crippen molar-refractivity contribution in [3.05, 3.63) is 0 Å². The fourth-order valence-electron chi connectivity index (χ4n) is 1.43. The van der Waals surface area contributed by atoms with Crippen LogP contribution in [-0.2, 0) is 42.6 Å². The summed E-state index contributed by atoms with van der Waals surface area (Å²) in [6, 6.07) is 0. The Kier molecular flexibility index (Phi) is 10.2. The zero-order chi connectivity index (χ0) is 18.3. The first-order chi connectivity index (χ1) is 10.4. The van der Waals surface area contributed by atoms with E-state index in [2.05, 4.69) is 0 Å². The van der Waals surface area contributed by atoms with Crippen molar-refractivity contribution in [2.75, 3.05) is 27.4 Å². The second-order valence-corrected chi connectivity index (χ2v) is 14.7. The molecule has 0 atom stereocenters. The van der Waals surface area contributed by atoms with Gasteiger partial charge in [-0.3, -0.25) is 0 Å². The third kappa shape index (κ3) is 10.3. The molecule has 0 fully saturated rings. The monoisotopic (exact) mass is 504 g/mol. The van der Waals surface area contributed by atoms with E-state index in [0.717, 1.165) is 0 Å². The second kappa shape index (κ2) is 9.94. The zero-order valence-corrected chi connectivity index (χ0v) is 20.1. The molecule has 0 heterocycles. The van der Waals surface area contributed by atoms with Gasteiger partial charge in [-0.05, 0) is 0 Å². The molecule has 0 aromatic heterocycles. The van der Waals surface area contributed by atoms with Gasteiger partial charge in [-0.2, -0.15) is 0 Å². The van der Waals surface area contributed by atoms with Crippen LogP contribution >= 0.6 is 0 Å². The molecule has 23 heavy (non-hydrogen) atoms. The number of hydrogen-bond donors (Lipinski definition) is 0. The molecule has 7 heteroatoms. The first kappa shape index (κ1) is 23.6. The Bertz CT molecular complexity index is 299. The molecule has 0 rings (SSSR count). The summed E-state index contributed by atoms with van der Waals surface area (Å²) >= 11 is -4.37. The maximum absolute atomic E-state index is 6.12. The average Bonchev–Trinajstić information content (AvgIpc) is 2.42. The van der Waals surface area contributed by atoms with Crippen LogP contribution in [0.4, 0.5) is 0 Å². The van der Waals surface area contributed by atoms with E-state index in [0.29, 0.717) is 13.2 Å². The molecule has 0 aliphatic heterocycles. The van der Waals surface area contributed by atoms with Crippen molar-refractivity contribution in [3.8, 4) is 0 Å². The number of hydrogen-bond acceptors (Lipinski definition) is 6. The summed E-state index contributed by atoms with van der Waals surface area (Å²) in [5.41, 5.74) is -0.877. The Balaban J connectivity index is 5.23. The van der Waals surface area contributed by atoms with E-state index < -0.39 is 32.9 Å². The molecule has 0 radical (unpaired) electrons. The zero-order valence-electron chi connectivity index (χ0n) is 16.5. The minimum absolute atomic E-state index is 0.0493. The van der Waals surface area contributed by atoms with Crippen LogP contribution in [-0.4, -0.2) is 50.8 Å². The Labute approximate surface area is 148 Å². The standard InChI is InChI=1S/2C5H11O2.2C3H7O.Hf/c2*1-5(2,4-6)7-3;2*1-3(2)4;/h2*4H2,1-3H3;2*3H,1-2H3;/q4*-1;+4. The van der Waals surface area contributed by atoms with Crippen LogP contribution in [0.2, 0.25) is 0 Å². The van der Waals surface area contributed by atoms with Gasteiger partial charge in [-0.25, -0.2) is 0 Å². The fraction of sp³-hybridized carbons (Fsp3) is 1.00. The predicted molar refractivity (Wildman–Crippen MR) is 86.5 cm³/mol. The van der Waals surface area contributed by atoms with Gasteiger partial charge in [0.05, 0.1) is 0 Å². The molecule has 0 saturated heterocycles. The molecule has 0 aromatic rings. The minimum atomic E-state index is -4.37. The fourth-order valence-corrected chi connectivity index (χ4v) is 10.8. The van der Waals surface area contributed by atoms with Crippen molar-refractivity contribution in [1.82, 2.24) is 0 Å². The van der Waals surface area contributed by atoms with Crippen molar-refractivity contribution < 1.29 is 42.6 Å². The van der Waals surface area contributed by atoms with Crippen molar-refractivity contribution in [3.63, 3.8) is 0 Å². The van der Waals surface area contributed by atoms with Gasteiger partial charge in [-0.1, -0.05) is 0 Å². The molecular formula is C16H36HfO6. The van der Waals surface area contributed by atoms with Crippen LogP contribution in [0.15, 0.2) is 0 Å². The van der Waals surface area contributed by atoms with Gasteiger partial charge in [0.25, 0.3) is 0 Å². The Morgan fingerprint density at radius 1 is 0.696 bits per heavy atom. The van der Waals surface area contributed by atoms with Crippen LogP contribution in [0.5, 0.6) is 0 Å². The molecule has 140 valence electrons. The van der Waals surface area contributed by atoms with E-state index in [-0.39, 0.29) is 12.2 Å². The summed E-state index contributed by atoms with van der Waals surface area (Å²) in [5.74, 6) is 0. The summed E-state index contributed by atoms with van der Waals surface area (Å²) in [7, 11) is 3.31. The van der Waals surface area contributed by atoms with Crippen molar-refractivity contribution in [2.45, 2.75) is 78.8 Å². The van der Waals surface area contributed by atoms with Gasteiger partial charge >= 0.3 is 149 Å². The van der Waals surface area contributed by atoms with Crippen molar-refractivity contribution in [2.24, 2.45) is 0 Å². The summed E-state index contributed by atoms with van der Waals surface area (Å²) < 4.78 is 35.2. The van der Waals surface area contributed by atoms with E-state index in [1.165, 1.54) is 0 Å². The molecule has 0 spiro atoms. The Morgan fingerprint density at radius 3 is 1.22 bits per heavy atom. The SMILES string of the molecule is COC(C)(C)C[O][Hf]([O]CC(C)(C)OC)([O]C(C)C)[O]C(C)C. The van der Waals surface area contributed by atoms with E-state index in [9.17, 15) is 0 Å². The summed E-state index contributed by atoms with van der Waals surface area (Å²) in [5, 5.41) is 0. The van der Waals surface area contributed by atoms with Crippen molar-refractivity contribution >= 4 is 0 Å². The first-order valence-corrected chi connectivity index (χ1v) is 14.0. The number of rotatable bonds is 12. The molecule has 0 unspecified atom stereocenters. The summed E-state index contributed by atoms with van der Waals surface area (Å²) in [6.07, 6.45) is -0.0986. The Morgan fingerprint density at radius 2 is 1.00 bits per heavy atom. The number of ether oxygens (including phenoxy) is 2. The van der Waals surface area contributed by atoms with E-state index in [1.54, 1.807) is 14.2 Å². The molecular weight excluding hydrogens is 467 g/mol. The number of methoxy groups -OCH3 is 2. The van der Waals surface area contributed by atoms with Gasteiger partial charge in [0.15, 0.2) is 0 Å². The molecule has 0 aliphatic rings. The predicted octanol–water partition coefficient (Wildman–Crippen LogP) is 3.53. The van der Waals surface area contributed by atoms with Crippen LogP contribution in [0, 0.1) is 0 Å². The van der Waals surface area contributed by atoms with Gasteiger partial charge in [0.1, 0.15) is 0 Å². The van der Waals surface area contributed by atoms with Gasteiger partial charge < -0.3 is 0 Å². The van der Waals surface area contributed by atoms with E-state index >= 15 is 0 Å². The summed E-state index contributed by atoms with van der Waals surface area (Å²) in [6.45, 7) is 16.3. The molecule has 0 aromatic carbocycles. The molecule has 6 nitrogen and oxygen atoms in total. The van der Waals surface area contributed by atoms with Gasteiger partial charge in [0, 0.05) is 0 Å². The normalized spacial score (nSPS) is 14.1. The van der Waals surface area contributed by atoms with Gasteiger partial charge in [0.2, 0.25) is 0 Å². The van der Waals surface area contributed by atoms with Gasteiger partial charge in [-0.15, -0.1) is 0 Å². The van der Waals surface area contributed by atoms with E-state index in [4.69, 9.17) is 20.9 Å². The van der Waals surface area contributed by atoms with Crippen LogP contribution in [0.1, 0.15) is 55.4 Å². The van der Waals surface area contributed by atoms with Crippen molar-refractivity contribution in [1.29, 1.82) is 0 Å². The molecule has 0 aliphatic carbocycles. The molecule has 0 bridgehead atoms. The van der Waals surface area contributed by atoms with Crippen LogP contribution in [0.3, 0.4) is 0 Å². The second-order valence-electron chi connectivity index (χ2n) is 7.34. The third-order valence-corrected chi connectivity index (χ3v) is 12.1. The van der Waals surface area contributed by atoms with Crippen LogP contribution in [0.25, 0.3) is 0 Å². The molecule has 0 amide bonds. The summed E-state index contributed by atoms with van der Waals surface area (Å²) in [4.78, 5) is 0. The Hall–Kier alpha value is 0.630. The molecule has 0 saturated carbocycles. The average molecular weight is 503 g/mol. The quantitative estimate of drug-likeness (QED) is 0.381. The topological polar surface area (TPSA) is 55.4 Å². The first-order valence-electron chi connectivity index (χ1n) is 8.11. The molecule has 0 N–H and O–H groups in total. The van der Waals surface area contributed by atoms with E-state index in [1.807, 2.05) is 55.4 Å². The third-order valence-electron chi connectivity index (χ3n) is 3.06.